The summed E-state index contributed by atoms with van der Waals surface area (Å²) >= 11 is 0. The molecule has 18 heavy (non-hydrogen) atoms. The van der Waals surface area contributed by atoms with E-state index in [0.29, 0.717) is 17.8 Å². The van der Waals surface area contributed by atoms with Gasteiger partial charge in [-0.05, 0) is 13.5 Å². The highest BCUT2D eigenvalue weighted by Gasteiger charge is 2.16. The third kappa shape index (κ3) is 3.44. The maximum absolute atomic E-state index is 11.7. The van der Waals surface area contributed by atoms with Crippen molar-refractivity contribution in [2.45, 2.75) is 13.3 Å². The van der Waals surface area contributed by atoms with E-state index >= 15 is 0 Å². The molecule has 0 aromatic carbocycles. The monoisotopic (exact) mass is 275 g/mol. The Labute approximate surface area is 105 Å². The van der Waals surface area contributed by atoms with Crippen molar-refractivity contribution in [3.63, 3.8) is 0 Å². The molecule has 9 heteroatoms. The van der Waals surface area contributed by atoms with Gasteiger partial charge in [-0.25, -0.2) is 13.1 Å². The number of aryl methyl sites for hydroxylation is 1. The van der Waals surface area contributed by atoms with Crippen LogP contribution in [0.5, 0.6) is 0 Å². The Bertz CT molecular complexity index is 522. The lowest BCUT2D eigenvalue weighted by atomic mass is 10.2. The first-order chi connectivity index (χ1) is 8.41. The molecule has 0 aliphatic carbocycles. The second-order valence-electron chi connectivity index (χ2n) is 3.60. The summed E-state index contributed by atoms with van der Waals surface area (Å²) in [6, 6.07) is 0. The number of aromatic amines is 1. The molecule has 0 spiro atoms. The third-order valence-corrected chi connectivity index (χ3v) is 3.78. The number of nitrogens with one attached hydrogen (secondary N) is 3. The molecule has 8 nitrogen and oxygen atoms in total. The van der Waals surface area contributed by atoms with Crippen LogP contribution in [0.25, 0.3) is 0 Å². The standard InChI is InChI=1S/C9H17N5O3S/c1-3-6-7(10)8(14-13-6)9(15)12-4-5-18(16,17)11-2/h11H,3-5,10H2,1-2H3,(H,12,15)(H,13,14). The number of anilines is 1. The molecule has 0 unspecified atom stereocenters. The van der Waals surface area contributed by atoms with Crippen molar-refractivity contribution >= 4 is 21.6 Å². The first-order valence-electron chi connectivity index (χ1n) is 5.43. The number of carbonyl (C=O) groups excluding carboxylic acids is 1. The SMILES string of the molecule is CCc1[nH]nc(C(=O)NCCS(=O)(=O)NC)c1N. The summed E-state index contributed by atoms with van der Waals surface area (Å²) in [5.74, 6) is -0.685. The zero-order valence-electron chi connectivity index (χ0n) is 10.3. The molecule has 0 aliphatic heterocycles. The number of sulfonamides is 1. The normalized spacial score (nSPS) is 11.4. The van der Waals surface area contributed by atoms with Crippen molar-refractivity contribution < 1.29 is 13.2 Å². The van der Waals surface area contributed by atoms with Gasteiger partial charge in [-0.15, -0.1) is 0 Å². The fourth-order valence-corrected chi connectivity index (χ4v) is 1.89. The molecule has 1 aromatic heterocycles. The Morgan fingerprint density at radius 1 is 1.50 bits per heavy atom. The Morgan fingerprint density at radius 2 is 2.17 bits per heavy atom. The second-order valence-corrected chi connectivity index (χ2v) is 5.64. The molecule has 0 aliphatic rings. The number of hydrogen-bond acceptors (Lipinski definition) is 5. The Kier molecular flexibility index (Phi) is 4.68. The number of carbonyl (C=O) groups is 1. The van der Waals surface area contributed by atoms with Gasteiger partial charge in [-0.3, -0.25) is 9.89 Å². The number of H-pyrrole nitrogens is 1. The molecule has 1 aromatic rings. The van der Waals surface area contributed by atoms with Crippen LogP contribution in [0, 0.1) is 0 Å². The topological polar surface area (TPSA) is 130 Å². The minimum Gasteiger partial charge on any atom is -0.395 e. The van der Waals surface area contributed by atoms with Gasteiger partial charge in [0.25, 0.3) is 5.91 Å². The molecule has 0 radical (unpaired) electrons. The van der Waals surface area contributed by atoms with Gasteiger partial charge in [0.2, 0.25) is 10.0 Å². The molecular weight excluding hydrogens is 258 g/mol. The van der Waals surface area contributed by atoms with Crippen LogP contribution >= 0.6 is 0 Å². The first kappa shape index (κ1) is 14.5. The zero-order chi connectivity index (χ0) is 13.8. The molecule has 0 saturated heterocycles. The van der Waals surface area contributed by atoms with Gasteiger partial charge >= 0.3 is 0 Å². The molecule has 0 atom stereocenters. The lowest BCUT2D eigenvalue weighted by Crippen LogP contribution is -2.33. The maximum Gasteiger partial charge on any atom is 0.273 e. The highest BCUT2D eigenvalue weighted by molar-refractivity contribution is 7.89. The van der Waals surface area contributed by atoms with E-state index in [9.17, 15) is 13.2 Å². The molecule has 5 N–H and O–H groups in total. The van der Waals surface area contributed by atoms with Crippen molar-refractivity contribution in [3.8, 4) is 0 Å². The molecule has 1 rings (SSSR count). The van der Waals surface area contributed by atoms with Crippen molar-refractivity contribution in [1.82, 2.24) is 20.2 Å². The molecule has 0 fully saturated rings. The predicted molar refractivity (Wildman–Crippen MR) is 67.6 cm³/mol. The van der Waals surface area contributed by atoms with E-state index in [4.69, 9.17) is 5.73 Å². The average Bonchev–Trinajstić information content (AvgIpc) is 2.70. The summed E-state index contributed by atoms with van der Waals surface area (Å²) in [6.07, 6.45) is 0.639. The lowest BCUT2D eigenvalue weighted by Gasteiger charge is -2.04. The van der Waals surface area contributed by atoms with Crippen LogP contribution < -0.4 is 15.8 Å². The number of rotatable bonds is 6. The Balaban J connectivity index is 2.58. The van der Waals surface area contributed by atoms with Crippen LogP contribution in [0.15, 0.2) is 0 Å². The summed E-state index contributed by atoms with van der Waals surface area (Å²) in [6.45, 7) is 1.88. The summed E-state index contributed by atoms with van der Waals surface area (Å²) in [4.78, 5) is 11.7. The Morgan fingerprint density at radius 3 is 2.67 bits per heavy atom. The number of hydrogen-bond donors (Lipinski definition) is 4. The highest BCUT2D eigenvalue weighted by Crippen LogP contribution is 2.13. The van der Waals surface area contributed by atoms with E-state index in [0.717, 1.165) is 0 Å². The third-order valence-electron chi connectivity index (χ3n) is 2.42. The van der Waals surface area contributed by atoms with Gasteiger partial charge in [-0.2, -0.15) is 5.10 Å². The van der Waals surface area contributed by atoms with Crippen molar-refractivity contribution in [3.05, 3.63) is 11.4 Å². The van der Waals surface area contributed by atoms with Crippen LogP contribution in [0.4, 0.5) is 5.69 Å². The minimum absolute atomic E-state index is 0.00420. The van der Waals surface area contributed by atoms with Crippen molar-refractivity contribution in [2.75, 3.05) is 25.1 Å². The highest BCUT2D eigenvalue weighted by atomic mass is 32.2. The maximum atomic E-state index is 11.7. The second kappa shape index (κ2) is 5.83. The molecule has 0 bridgehead atoms. The van der Waals surface area contributed by atoms with Crippen LogP contribution in [-0.4, -0.2) is 43.9 Å². The first-order valence-corrected chi connectivity index (χ1v) is 7.08. The average molecular weight is 275 g/mol. The van der Waals surface area contributed by atoms with E-state index in [1.54, 1.807) is 0 Å². The van der Waals surface area contributed by atoms with Gasteiger partial charge in [0.15, 0.2) is 5.69 Å². The summed E-state index contributed by atoms with van der Waals surface area (Å²) in [5, 5.41) is 8.90. The van der Waals surface area contributed by atoms with Gasteiger partial charge in [0, 0.05) is 6.54 Å². The summed E-state index contributed by atoms with van der Waals surface area (Å²) in [7, 11) is -2.02. The van der Waals surface area contributed by atoms with E-state index in [1.807, 2.05) is 6.92 Å². The number of amides is 1. The van der Waals surface area contributed by atoms with Gasteiger partial charge in [0.05, 0.1) is 17.1 Å². The lowest BCUT2D eigenvalue weighted by molar-refractivity contribution is 0.0952. The van der Waals surface area contributed by atoms with E-state index < -0.39 is 15.9 Å². The molecule has 1 heterocycles. The summed E-state index contributed by atoms with van der Waals surface area (Å²) in [5.41, 5.74) is 6.79. The minimum atomic E-state index is -3.33. The number of aromatic nitrogens is 2. The van der Waals surface area contributed by atoms with Crippen LogP contribution in [0.3, 0.4) is 0 Å². The van der Waals surface area contributed by atoms with Gasteiger partial charge < -0.3 is 11.1 Å². The largest absolute Gasteiger partial charge is 0.395 e. The van der Waals surface area contributed by atoms with E-state index in [2.05, 4.69) is 20.2 Å². The van der Waals surface area contributed by atoms with Gasteiger partial charge in [0.1, 0.15) is 0 Å². The number of nitrogens with two attached hydrogens (primary N) is 1. The molecule has 0 saturated carbocycles. The van der Waals surface area contributed by atoms with Gasteiger partial charge in [-0.1, -0.05) is 6.92 Å². The summed E-state index contributed by atoms with van der Waals surface area (Å²) < 4.78 is 24.4. The predicted octanol–water partition coefficient (Wildman–Crippen LogP) is -1.17. The molecule has 102 valence electrons. The fourth-order valence-electron chi connectivity index (χ4n) is 1.31. The number of nitrogens with zero attached hydrogens (tertiary/aromatic N) is 1. The van der Waals surface area contributed by atoms with Crippen molar-refractivity contribution in [2.24, 2.45) is 0 Å². The Hall–Kier alpha value is -1.61. The number of nitrogen functional groups attached to an aromatic ring is 1. The van der Waals surface area contributed by atoms with Crippen LogP contribution in [0.1, 0.15) is 23.1 Å². The molecular formula is C9H17N5O3S. The molecule has 1 amide bonds. The smallest absolute Gasteiger partial charge is 0.273 e. The van der Waals surface area contributed by atoms with E-state index in [1.165, 1.54) is 7.05 Å². The van der Waals surface area contributed by atoms with Crippen LogP contribution in [0.2, 0.25) is 0 Å². The van der Waals surface area contributed by atoms with E-state index in [-0.39, 0.29) is 18.0 Å². The van der Waals surface area contributed by atoms with Crippen LogP contribution in [-0.2, 0) is 16.4 Å². The fraction of sp³-hybridized carbons (Fsp3) is 0.556. The quantitative estimate of drug-likeness (QED) is 0.520. The van der Waals surface area contributed by atoms with Crippen molar-refractivity contribution in [1.29, 1.82) is 0 Å². The zero-order valence-corrected chi connectivity index (χ0v) is 11.1.